The van der Waals surface area contributed by atoms with Gasteiger partial charge in [0.1, 0.15) is 5.82 Å². The fourth-order valence-electron chi connectivity index (χ4n) is 2.45. The molecule has 7 heteroatoms. The van der Waals surface area contributed by atoms with E-state index in [0.717, 1.165) is 5.56 Å². The number of amides is 1. The van der Waals surface area contributed by atoms with Gasteiger partial charge in [0.15, 0.2) is 0 Å². The Balaban J connectivity index is 1.83. The highest BCUT2D eigenvalue weighted by atomic mass is 32.2. The zero-order chi connectivity index (χ0) is 19.2. The van der Waals surface area contributed by atoms with Crippen LogP contribution >= 0.6 is 0 Å². The van der Waals surface area contributed by atoms with Gasteiger partial charge in [-0.2, -0.15) is 0 Å². The monoisotopic (exact) mass is 378 g/mol. The van der Waals surface area contributed by atoms with E-state index in [0.29, 0.717) is 18.5 Å². The van der Waals surface area contributed by atoms with E-state index in [9.17, 15) is 17.6 Å². The van der Waals surface area contributed by atoms with E-state index in [2.05, 4.69) is 10.0 Å². The summed E-state index contributed by atoms with van der Waals surface area (Å²) < 4.78 is 39.7. The molecule has 0 radical (unpaired) electrons. The summed E-state index contributed by atoms with van der Waals surface area (Å²) in [5.41, 5.74) is 1.54. The van der Waals surface area contributed by atoms with Crippen molar-refractivity contribution in [3.63, 3.8) is 0 Å². The van der Waals surface area contributed by atoms with E-state index in [1.807, 2.05) is 0 Å². The lowest BCUT2D eigenvalue weighted by Crippen LogP contribution is -2.30. The molecule has 2 rings (SSSR count). The summed E-state index contributed by atoms with van der Waals surface area (Å²) in [6, 6.07) is 12.3. The van der Waals surface area contributed by atoms with Crippen LogP contribution in [0.1, 0.15) is 25.0 Å². The molecule has 0 atom stereocenters. The Morgan fingerprint density at radius 2 is 1.77 bits per heavy atom. The van der Waals surface area contributed by atoms with Crippen LogP contribution in [0.2, 0.25) is 0 Å². The van der Waals surface area contributed by atoms with E-state index in [-0.39, 0.29) is 29.1 Å². The van der Waals surface area contributed by atoms with E-state index in [1.165, 1.54) is 12.1 Å². The van der Waals surface area contributed by atoms with Gasteiger partial charge in [-0.3, -0.25) is 4.79 Å². The van der Waals surface area contributed by atoms with Gasteiger partial charge in [-0.15, -0.1) is 0 Å². The molecule has 0 aromatic heterocycles. The van der Waals surface area contributed by atoms with Gasteiger partial charge in [0.25, 0.3) is 0 Å². The Hall–Kier alpha value is -2.25. The summed E-state index contributed by atoms with van der Waals surface area (Å²) in [5, 5.41) is 2.78. The summed E-state index contributed by atoms with van der Waals surface area (Å²) in [5.74, 6) is -0.548. The molecule has 5 nitrogen and oxygen atoms in total. The van der Waals surface area contributed by atoms with Crippen molar-refractivity contribution in [1.29, 1.82) is 0 Å². The third kappa shape index (κ3) is 6.24. The predicted molar refractivity (Wildman–Crippen MR) is 98.7 cm³/mol. The van der Waals surface area contributed by atoms with E-state index in [1.54, 1.807) is 50.2 Å². The van der Waals surface area contributed by atoms with Crippen LogP contribution in [0.3, 0.4) is 0 Å². The van der Waals surface area contributed by atoms with Crippen LogP contribution < -0.4 is 10.0 Å². The van der Waals surface area contributed by atoms with Crippen molar-refractivity contribution in [2.24, 2.45) is 0 Å². The molecule has 0 heterocycles. The van der Waals surface area contributed by atoms with Crippen LogP contribution in [0.4, 0.5) is 4.39 Å². The van der Waals surface area contributed by atoms with Crippen molar-refractivity contribution < 1.29 is 17.6 Å². The second-order valence-corrected chi connectivity index (χ2v) is 8.04. The molecule has 0 aliphatic carbocycles. The van der Waals surface area contributed by atoms with E-state index >= 15 is 0 Å². The number of carbonyl (C=O) groups is 1. The number of hydrogen-bond donors (Lipinski definition) is 2. The number of rotatable bonds is 8. The number of sulfonamides is 1. The first-order valence-corrected chi connectivity index (χ1v) is 9.87. The van der Waals surface area contributed by atoms with Crippen molar-refractivity contribution in [1.82, 2.24) is 10.0 Å². The SMILES string of the molecule is CC(C)NS(=O)(=O)c1ccc(CCNC(=O)Cc2cccc(F)c2)cc1. The fraction of sp³-hybridized carbons (Fsp3) is 0.316. The zero-order valence-corrected chi connectivity index (χ0v) is 15.6. The summed E-state index contributed by atoms with van der Waals surface area (Å²) in [6.07, 6.45) is 0.697. The number of benzene rings is 2. The van der Waals surface area contributed by atoms with Gasteiger partial charge in [0, 0.05) is 12.6 Å². The van der Waals surface area contributed by atoms with Crippen LogP contribution in [-0.4, -0.2) is 26.9 Å². The van der Waals surface area contributed by atoms with Crippen LogP contribution in [-0.2, 0) is 27.7 Å². The first-order chi connectivity index (χ1) is 12.3. The minimum atomic E-state index is -3.50. The van der Waals surface area contributed by atoms with Gasteiger partial charge in [0.2, 0.25) is 15.9 Å². The second kappa shape index (κ2) is 8.91. The molecule has 0 aliphatic heterocycles. The van der Waals surface area contributed by atoms with Gasteiger partial charge in [-0.1, -0.05) is 24.3 Å². The molecular formula is C19H23FN2O3S. The predicted octanol–water partition coefficient (Wildman–Crippen LogP) is 2.41. The largest absolute Gasteiger partial charge is 0.355 e. The van der Waals surface area contributed by atoms with E-state index in [4.69, 9.17) is 0 Å². The van der Waals surface area contributed by atoms with Crippen molar-refractivity contribution >= 4 is 15.9 Å². The summed E-state index contributed by atoms with van der Waals surface area (Å²) >= 11 is 0. The molecular weight excluding hydrogens is 355 g/mol. The maximum Gasteiger partial charge on any atom is 0.240 e. The third-order valence-corrected chi connectivity index (χ3v) is 5.29. The van der Waals surface area contributed by atoms with Crippen LogP contribution in [0, 0.1) is 5.82 Å². The molecule has 26 heavy (non-hydrogen) atoms. The minimum absolute atomic E-state index is 0.121. The molecule has 1 amide bonds. The Kier molecular flexibility index (Phi) is 6.88. The van der Waals surface area contributed by atoms with Gasteiger partial charge < -0.3 is 5.32 Å². The lowest BCUT2D eigenvalue weighted by molar-refractivity contribution is -0.120. The van der Waals surface area contributed by atoms with E-state index < -0.39 is 10.0 Å². The highest BCUT2D eigenvalue weighted by molar-refractivity contribution is 7.89. The van der Waals surface area contributed by atoms with Gasteiger partial charge in [0.05, 0.1) is 11.3 Å². The molecule has 0 spiro atoms. The highest BCUT2D eigenvalue weighted by Crippen LogP contribution is 2.11. The molecule has 0 fully saturated rings. The summed E-state index contributed by atoms with van der Waals surface area (Å²) in [4.78, 5) is 12.1. The average molecular weight is 378 g/mol. The van der Waals surface area contributed by atoms with Crippen molar-refractivity contribution in [3.8, 4) is 0 Å². The number of halogens is 1. The third-order valence-electron chi connectivity index (χ3n) is 3.61. The number of carbonyl (C=O) groups excluding carboxylic acids is 1. The summed E-state index contributed by atoms with van der Waals surface area (Å²) in [6.45, 7) is 3.95. The molecule has 2 aromatic carbocycles. The number of nitrogens with one attached hydrogen (secondary N) is 2. The fourth-order valence-corrected chi connectivity index (χ4v) is 3.71. The molecule has 2 N–H and O–H groups in total. The first kappa shape index (κ1) is 20.1. The first-order valence-electron chi connectivity index (χ1n) is 8.39. The molecule has 0 unspecified atom stereocenters. The maximum absolute atomic E-state index is 13.1. The lowest BCUT2D eigenvalue weighted by atomic mass is 10.1. The van der Waals surface area contributed by atoms with Crippen molar-refractivity contribution in [2.45, 2.75) is 37.6 Å². The smallest absolute Gasteiger partial charge is 0.240 e. The van der Waals surface area contributed by atoms with Crippen molar-refractivity contribution in [3.05, 3.63) is 65.5 Å². The minimum Gasteiger partial charge on any atom is -0.355 e. The Labute approximate surface area is 153 Å². The molecule has 2 aromatic rings. The molecule has 0 bridgehead atoms. The maximum atomic E-state index is 13.1. The quantitative estimate of drug-likeness (QED) is 0.741. The van der Waals surface area contributed by atoms with Gasteiger partial charge >= 0.3 is 0 Å². The lowest BCUT2D eigenvalue weighted by Gasteiger charge is -2.10. The molecule has 0 saturated carbocycles. The zero-order valence-electron chi connectivity index (χ0n) is 14.8. The van der Waals surface area contributed by atoms with Gasteiger partial charge in [-0.05, 0) is 55.7 Å². The molecule has 140 valence electrons. The average Bonchev–Trinajstić information content (AvgIpc) is 2.54. The van der Waals surface area contributed by atoms with Crippen molar-refractivity contribution in [2.75, 3.05) is 6.54 Å². The summed E-state index contributed by atoms with van der Waals surface area (Å²) in [7, 11) is -3.50. The Morgan fingerprint density at radius 1 is 1.08 bits per heavy atom. The molecule has 0 aliphatic rings. The Morgan fingerprint density at radius 3 is 2.38 bits per heavy atom. The van der Waals surface area contributed by atoms with Crippen LogP contribution in [0.15, 0.2) is 53.4 Å². The highest BCUT2D eigenvalue weighted by Gasteiger charge is 2.14. The topological polar surface area (TPSA) is 75.3 Å². The standard InChI is InChI=1S/C19H23FN2O3S/c1-14(2)22-26(24,25)18-8-6-15(7-9-18)10-11-21-19(23)13-16-4-3-5-17(20)12-16/h3-9,12,14,22H,10-11,13H2,1-2H3,(H,21,23). The Bertz CT molecular complexity index is 849. The van der Waals surface area contributed by atoms with Gasteiger partial charge in [-0.25, -0.2) is 17.5 Å². The van der Waals surface area contributed by atoms with Crippen LogP contribution in [0.25, 0.3) is 0 Å². The number of hydrogen-bond acceptors (Lipinski definition) is 3. The van der Waals surface area contributed by atoms with Crippen LogP contribution in [0.5, 0.6) is 0 Å². The normalized spacial score (nSPS) is 11.5. The second-order valence-electron chi connectivity index (χ2n) is 6.33. The molecule has 0 saturated heterocycles.